The Morgan fingerprint density at radius 3 is 2.00 bits per heavy atom. The maximum Gasteiger partial charge on any atom is 0.134 e. The lowest BCUT2D eigenvalue weighted by molar-refractivity contribution is 0.312. The predicted octanol–water partition coefficient (Wildman–Crippen LogP) is 1.22. The molecule has 2 aliphatic heterocycles. The normalized spacial score (nSPS) is 21.7. The van der Waals surface area contributed by atoms with Crippen LogP contribution < -0.4 is 9.80 Å². The largest absolute Gasteiger partial charge is 0.356 e. The van der Waals surface area contributed by atoms with Crippen molar-refractivity contribution in [2.45, 2.75) is 19.3 Å². The summed E-state index contributed by atoms with van der Waals surface area (Å²) in [5.41, 5.74) is 0. The van der Waals surface area contributed by atoms with Crippen molar-refractivity contribution in [2.24, 2.45) is 0 Å². The maximum atomic E-state index is 4.45. The number of hydrogen-bond acceptors (Lipinski definition) is 5. The summed E-state index contributed by atoms with van der Waals surface area (Å²) in [7, 11) is 2.18. The maximum absolute atomic E-state index is 4.45. The Hall–Kier alpha value is -1.36. The van der Waals surface area contributed by atoms with Crippen LogP contribution in [-0.2, 0) is 0 Å². The van der Waals surface area contributed by atoms with Gasteiger partial charge in [-0.05, 0) is 26.3 Å². The summed E-state index contributed by atoms with van der Waals surface area (Å²) in [4.78, 5) is 16.0. The van der Waals surface area contributed by atoms with Gasteiger partial charge in [0.2, 0.25) is 0 Å². The highest BCUT2D eigenvalue weighted by Gasteiger charge is 2.18. The molecule has 0 aliphatic carbocycles. The van der Waals surface area contributed by atoms with Crippen LogP contribution in [0.3, 0.4) is 0 Å². The molecule has 0 spiro atoms. The second-order valence-corrected chi connectivity index (χ2v) is 5.57. The van der Waals surface area contributed by atoms with Crippen LogP contribution in [0.15, 0.2) is 12.4 Å². The van der Waals surface area contributed by atoms with Gasteiger partial charge < -0.3 is 14.7 Å². The molecule has 0 bridgehead atoms. The Morgan fingerprint density at radius 2 is 1.37 bits per heavy atom. The average molecular weight is 261 g/mol. The van der Waals surface area contributed by atoms with Gasteiger partial charge in [0.15, 0.2) is 0 Å². The van der Waals surface area contributed by atoms with E-state index in [-0.39, 0.29) is 0 Å². The lowest BCUT2D eigenvalue weighted by Crippen LogP contribution is -2.45. The van der Waals surface area contributed by atoms with Crippen LogP contribution in [0.4, 0.5) is 11.6 Å². The molecular formula is C14H23N5. The number of anilines is 2. The van der Waals surface area contributed by atoms with Crippen LogP contribution in [0, 0.1) is 0 Å². The number of piperidine rings is 1. The number of likely N-dealkylation sites (N-methyl/N-ethyl adjacent to an activating group) is 1. The molecule has 0 radical (unpaired) electrons. The van der Waals surface area contributed by atoms with Crippen molar-refractivity contribution < 1.29 is 0 Å². The van der Waals surface area contributed by atoms with Gasteiger partial charge in [0.1, 0.15) is 18.0 Å². The highest BCUT2D eigenvalue weighted by molar-refractivity contribution is 5.50. The van der Waals surface area contributed by atoms with Gasteiger partial charge in [-0.15, -0.1) is 0 Å². The Balaban J connectivity index is 1.72. The van der Waals surface area contributed by atoms with Crippen molar-refractivity contribution in [1.29, 1.82) is 0 Å². The molecule has 104 valence electrons. The molecule has 0 atom stereocenters. The third kappa shape index (κ3) is 2.97. The minimum atomic E-state index is 1.06. The van der Waals surface area contributed by atoms with E-state index < -0.39 is 0 Å². The fraction of sp³-hybridized carbons (Fsp3) is 0.714. The van der Waals surface area contributed by atoms with E-state index in [1.54, 1.807) is 6.33 Å². The van der Waals surface area contributed by atoms with Gasteiger partial charge in [-0.3, -0.25) is 0 Å². The first-order valence-corrected chi connectivity index (χ1v) is 7.33. The van der Waals surface area contributed by atoms with Crippen LogP contribution in [0.2, 0.25) is 0 Å². The molecule has 5 nitrogen and oxygen atoms in total. The molecule has 0 saturated carbocycles. The van der Waals surface area contributed by atoms with E-state index >= 15 is 0 Å². The Bertz CT molecular complexity index is 408. The van der Waals surface area contributed by atoms with Gasteiger partial charge in [0, 0.05) is 45.3 Å². The Kier molecular flexibility index (Phi) is 3.82. The first kappa shape index (κ1) is 12.7. The Labute approximate surface area is 115 Å². The predicted molar refractivity (Wildman–Crippen MR) is 77.8 cm³/mol. The molecule has 19 heavy (non-hydrogen) atoms. The van der Waals surface area contributed by atoms with Crippen LogP contribution >= 0.6 is 0 Å². The second kappa shape index (κ2) is 5.74. The number of rotatable bonds is 2. The first-order chi connectivity index (χ1) is 9.33. The summed E-state index contributed by atoms with van der Waals surface area (Å²) >= 11 is 0. The molecule has 2 aliphatic rings. The van der Waals surface area contributed by atoms with E-state index in [4.69, 9.17) is 0 Å². The SMILES string of the molecule is CN1CCN(c2cc(N3CCCCC3)ncn2)CC1. The fourth-order valence-electron chi connectivity index (χ4n) is 2.84. The summed E-state index contributed by atoms with van der Waals surface area (Å²) in [6.07, 6.45) is 5.65. The average Bonchev–Trinajstić information content (AvgIpc) is 2.49. The van der Waals surface area contributed by atoms with Gasteiger partial charge in [0.05, 0.1) is 0 Å². The molecule has 0 amide bonds. The van der Waals surface area contributed by atoms with Crippen LogP contribution in [0.5, 0.6) is 0 Å². The van der Waals surface area contributed by atoms with E-state index in [0.717, 1.165) is 50.9 Å². The van der Waals surface area contributed by atoms with Crippen molar-refractivity contribution >= 4 is 11.6 Å². The van der Waals surface area contributed by atoms with Gasteiger partial charge in [0.25, 0.3) is 0 Å². The van der Waals surface area contributed by atoms with Crippen molar-refractivity contribution in [2.75, 3.05) is 56.1 Å². The monoisotopic (exact) mass is 261 g/mol. The zero-order valence-electron chi connectivity index (χ0n) is 11.8. The summed E-state index contributed by atoms with van der Waals surface area (Å²) in [5, 5.41) is 0. The van der Waals surface area contributed by atoms with Gasteiger partial charge >= 0.3 is 0 Å². The third-order valence-electron chi connectivity index (χ3n) is 4.15. The standard InChI is InChI=1S/C14H23N5/c1-17-7-9-19(10-8-17)14-11-13(15-12-16-14)18-5-3-2-4-6-18/h11-12H,2-10H2,1H3. The number of aromatic nitrogens is 2. The van der Waals surface area contributed by atoms with Crippen molar-refractivity contribution in [3.05, 3.63) is 12.4 Å². The van der Waals surface area contributed by atoms with Crippen molar-refractivity contribution in [1.82, 2.24) is 14.9 Å². The van der Waals surface area contributed by atoms with Crippen LogP contribution in [0.25, 0.3) is 0 Å². The van der Waals surface area contributed by atoms with E-state index in [0.29, 0.717) is 0 Å². The summed E-state index contributed by atoms with van der Waals surface area (Å²) in [5.74, 6) is 2.19. The van der Waals surface area contributed by atoms with E-state index in [1.165, 1.54) is 19.3 Å². The summed E-state index contributed by atoms with van der Waals surface area (Å²) < 4.78 is 0. The lowest BCUT2D eigenvalue weighted by Gasteiger charge is -2.34. The number of nitrogens with zero attached hydrogens (tertiary/aromatic N) is 5. The summed E-state index contributed by atoms with van der Waals surface area (Å²) in [6, 6.07) is 2.16. The highest BCUT2D eigenvalue weighted by atomic mass is 15.3. The smallest absolute Gasteiger partial charge is 0.134 e. The van der Waals surface area contributed by atoms with Gasteiger partial charge in [-0.2, -0.15) is 0 Å². The van der Waals surface area contributed by atoms with E-state index in [1.807, 2.05) is 0 Å². The van der Waals surface area contributed by atoms with Crippen LogP contribution in [-0.4, -0.2) is 61.2 Å². The second-order valence-electron chi connectivity index (χ2n) is 5.57. The lowest BCUT2D eigenvalue weighted by atomic mass is 10.1. The quantitative estimate of drug-likeness (QED) is 0.800. The third-order valence-corrected chi connectivity index (χ3v) is 4.15. The molecule has 3 rings (SSSR count). The number of piperazine rings is 1. The van der Waals surface area contributed by atoms with Crippen LogP contribution in [0.1, 0.15) is 19.3 Å². The zero-order chi connectivity index (χ0) is 13.1. The minimum absolute atomic E-state index is 1.06. The van der Waals surface area contributed by atoms with E-state index in [9.17, 15) is 0 Å². The molecule has 2 fully saturated rings. The van der Waals surface area contributed by atoms with Gasteiger partial charge in [-0.1, -0.05) is 0 Å². The molecule has 2 saturated heterocycles. The first-order valence-electron chi connectivity index (χ1n) is 7.33. The molecule has 1 aromatic rings. The van der Waals surface area contributed by atoms with Crippen molar-refractivity contribution in [3.63, 3.8) is 0 Å². The number of hydrogen-bond donors (Lipinski definition) is 0. The molecule has 1 aromatic heterocycles. The topological polar surface area (TPSA) is 35.5 Å². The molecule has 0 N–H and O–H groups in total. The highest BCUT2D eigenvalue weighted by Crippen LogP contribution is 2.21. The minimum Gasteiger partial charge on any atom is -0.356 e. The molecule has 0 aromatic carbocycles. The Morgan fingerprint density at radius 1 is 0.789 bits per heavy atom. The summed E-state index contributed by atoms with van der Waals surface area (Å²) in [6.45, 7) is 6.63. The fourth-order valence-corrected chi connectivity index (χ4v) is 2.84. The molecule has 5 heteroatoms. The zero-order valence-corrected chi connectivity index (χ0v) is 11.8. The molecule has 0 unspecified atom stereocenters. The van der Waals surface area contributed by atoms with E-state index in [2.05, 4.69) is 37.8 Å². The van der Waals surface area contributed by atoms with Gasteiger partial charge in [-0.25, -0.2) is 9.97 Å². The molecular weight excluding hydrogens is 238 g/mol. The molecule has 3 heterocycles. The van der Waals surface area contributed by atoms with Crippen molar-refractivity contribution in [3.8, 4) is 0 Å².